The predicted molar refractivity (Wildman–Crippen MR) is 157 cm³/mol. The molecule has 2 aromatic carbocycles. The van der Waals surface area contributed by atoms with E-state index in [1.54, 1.807) is 12.1 Å². The second-order valence-corrected chi connectivity index (χ2v) is 11.0. The van der Waals surface area contributed by atoms with Gasteiger partial charge in [0.05, 0.1) is 5.92 Å². The van der Waals surface area contributed by atoms with Gasteiger partial charge in [-0.05, 0) is 85.7 Å². The molecule has 1 unspecified atom stereocenters. The molecule has 0 spiro atoms. The zero-order valence-electron chi connectivity index (χ0n) is 22.6. The number of amides is 2. The molecule has 0 saturated carbocycles. The Labute approximate surface area is 244 Å². The van der Waals surface area contributed by atoms with E-state index in [1.807, 2.05) is 47.9 Å². The van der Waals surface area contributed by atoms with Crippen LogP contribution in [0, 0.1) is 18.7 Å². The van der Waals surface area contributed by atoms with Crippen molar-refractivity contribution in [3.8, 4) is 0 Å². The van der Waals surface area contributed by atoms with Crippen LogP contribution in [0.1, 0.15) is 23.7 Å². The maximum atomic E-state index is 13.6. The molecule has 0 aliphatic carbocycles. The monoisotopic (exact) mass is 585 g/mol. The number of hydrogen-bond acceptors (Lipinski definition) is 8. The minimum absolute atomic E-state index is 0.215. The van der Waals surface area contributed by atoms with E-state index in [1.165, 1.54) is 36.0 Å². The molecule has 42 heavy (non-hydrogen) atoms. The van der Waals surface area contributed by atoms with E-state index in [-0.39, 0.29) is 11.8 Å². The zero-order chi connectivity index (χ0) is 29.1. The Morgan fingerprint density at radius 2 is 1.90 bits per heavy atom. The highest BCUT2D eigenvalue weighted by molar-refractivity contribution is 7.99. The van der Waals surface area contributed by atoms with E-state index < -0.39 is 17.8 Å². The molecule has 13 heteroatoms. The summed E-state index contributed by atoms with van der Waals surface area (Å²) < 4.78 is 15.4. The second-order valence-electron chi connectivity index (χ2n) is 9.93. The highest BCUT2D eigenvalue weighted by Gasteiger charge is 2.28. The average molecular weight is 586 g/mol. The van der Waals surface area contributed by atoms with Crippen LogP contribution in [-0.4, -0.2) is 49.5 Å². The maximum Gasteiger partial charge on any atom is 0.251 e. The maximum absolute atomic E-state index is 13.6. The summed E-state index contributed by atoms with van der Waals surface area (Å²) in [6.45, 7) is 3.23. The number of anilines is 3. The molecule has 214 valence electrons. The molecule has 1 saturated heterocycles. The Morgan fingerprint density at radius 3 is 2.62 bits per heavy atom. The van der Waals surface area contributed by atoms with Crippen molar-refractivity contribution in [2.45, 2.75) is 29.4 Å². The number of hydrogen-bond donors (Lipinski definition) is 5. The van der Waals surface area contributed by atoms with Crippen LogP contribution in [0.2, 0.25) is 0 Å². The fraction of sp³-hybridized carbons (Fsp3) is 0.207. The van der Waals surface area contributed by atoms with E-state index >= 15 is 0 Å². The normalized spacial score (nSPS) is 15.4. The third-order valence-electron chi connectivity index (χ3n) is 6.83. The number of aryl methyl sites for hydroxylation is 1. The average Bonchev–Trinajstić information content (AvgIpc) is 3.76. The summed E-state index contributed by atoms with van der Waals surface area (Å²) in [5.41, 5.74) is 2.70. The Morgan fingerprint density at radius 1 is 1.10 bits per heavy atom. The predicted octanol–water partition coefficient (Wildman–Crippen LogP) is 4.20. The highest BCUT2D eigenvalue weighted by Crippen LogP contribution is 2.29. The van der Waals surface area contributed by atoms with E-state index in [9.17, 15) is 14.0 Å². The fourth-order valence-corrected chi connectivity index (χ4v) is 5.41. The first-order valence-electron chi connectivity index (χ1n) is 13.4. The van der Waals surface area contributed by atoms with Gasteiger partial charge < -0.3 is 21.3 Å². The Kier molecular flexibility index (Phi) is 7.84. The van der Waals surface area contributed by atoms with Crippen molar-refractivity contribution >= 4 is 46.7 Å². The van der Waals surface area contributed by atoms with Crippen molar-refractivity contribution in [3.05, 3.63) is 90.0 Å². The minimum Gasteiger partial charge on any atom is -0.340 e. The van der Waals surface area contributed by atoms with Gasteiger partial charge in [0.1, 0.15) is 17.5 Å². The second kappa shape index (κ2) is 12.0. The number of aromatic amines is 1. The lowest BCUT2D eigenvalue weighted by atomic mass is 10.0. The molecule has 1 aliphatic rings. The fourth-order valence-electron chi connectivity index (χ4n) is 4.66. The Bertz CT molecular complexity index is 1710. The molecule has 1 aliphatic heterocycles. The summed E-state index contributed by atoms with van der Waals surface area (Å²) in [6.07, 6.45) is 2.57. The molecule has 5 aromatic rings. The molecule has 2 amide bonds. The topological polar surface area (TPSA) is 141 Å². The molecule has 6 rings (SSSR count). The summed E-state index contributed by atoms with van der Waals surface area (Å²) in [5.74, 6) is -0.0570. The van der Waals surface area contributed by atoms with Gasteiger partial charge in [0.25, 0.3) is 5.91 Å². The van der Waals surface area contributed by atoms with Crippen LogP contribution in [0.15, 0.2) is 83.0 Å². The lowest BCUT2D eigenvalue weighted by Gasteiger charge is -2.21. The van der Waals surface area contributed by atoms with Crippen LogP contribution in [0.25, 0.3) is 5.65 Å². The number of fused-ring (bicyclic) bond motifs is 1. The molecular formula is C29H28FN9O2S. The van der Waals surface area contributed by atoms with Crippen LogP contribution in [0.5, 0.6) is 0 Å². The molecule has 4 heterocycles. The van der Waals surface area contributed by atoms with Crippen LogP contribution in [-0.2, 0) is 9.59 Å². The summed E-state index contributed by atoms with van der Waals surface area (Å²) in [5, 5.41) is 19.8. The van der Waals surface area contributed by atoms with E-state index in [0.29, 0.717) is 41.1 Å². The third-order valence-corrected chi connectivity index (χ3v) is 7.70. The quantitative estimate of drug-likeness (QED) is 0.173. The number of benzene rings is 2. The van der Waals surface area contributed by atoms with Crippen molar-refractivity contribution in [3.63, 3.8) is 0 Å². The molecule has 0 bridgehead atoms. The number of rotatable bonds is 9. The number of H-pyrrole nitrogens is 1. The number of halogens is 1. The van der Waals surface area contributed by atoms with Crippen LogP contribution < -0.4 is 21.3 Å². The lowest BCUT2D eigenvalue weighted by molar-refractivity contribution is -0.129. The number of carbonyl (C=O) groups is 2. The molecule has 3 aromatic heterocycles. The van der Waals surface area contributed by atoms with E-state index in [0.717, 1.165) is 22.8 Å². The molecule has 11 nitrogen and oxygen atoms in total. The van der Waals surface area contributed by atoms with Gasteiger partial charge in [0.15, 0.2) is 11.0 Å². The van der Waals surface area contributed by atoms with Crippen LogP contribution in [0.4, 0.5) is 21.8 Å². The summed E-state index contributed by atoms with van der Waals surface area (Å²) in [6, 6.07) is 17.5. The first kappa shape index (κ1) is 27.4. The van der Waals surface area contributed by atoms with Gasteiger partial charge in [-0.2, -0.15) is 10.1 Å². The number of nitrogens with one attached hydrogen (secondary N) is 5. The molecule has 5 N–H and O–H groups in total. The highest BCUT2D eigenvalue weighted by atomic mass is 32.2. The van der Waals surface area contributed by atoms with Crippen LogP contribution >= 0.6 is 11.8 Å². The SMILES string of the molecule is Cc1cc(Nc2nc(Sc3ccc(NC(=O)C(NC(=O)[C@@H]4CCNC4)c4ccc(F)cc4)cc3)nc3cccn23)n[nH]1. The zero-order valence-corrected chi connectivity index (χ0v) is 23.4. The van der Waals surface area contributed by atoms with Gasteiger partial charge in [0.2, 0.25) is 11.9 Å². The standard InChI is InChI=1S/C29H28FN9O2S/c1-17-15-23(38-37-17)33-28-36-29(34-24-3-2-14-39(24)28)42-22-10-8-21(9-11-22)32-27(41)25(18-4-6-20(30)7-5-18)35-26(40)19-12-13-31-16-19/h2-11,14-15,19,25,31H,12-13,16H2,1H3,(H,32,41)(H,35,40)(H2,33,34,36,37,38)/t19-,25?/m1/s1. The van der Waals surface area contributed by atoms with Gasteiger partial charge in [0, 0.05) is 35.1 Å². The van der Waals surface area contributed by atoms with Gasteiger partial charge in [-0.15, -0.1) is 0 Å². The smallest absolute Gasteiger partial charge is 0.251 e. The first-order chi connectivity index (χ1) is 20.4. The molecule has 1 fully saturated rings. The van der Waals surface area contributed by atoms with E-state index in [2.05, 4.69) is 41.4 Å². The van der Waals surface area contributed by atoms with Crippen molar-refractivity contribution < 1.29 is 14.0 Å². The lowest BCUT2D eigenvalue weighted by Crippen LogP contribution is -2.40. The molecular weight excluding hydrogens is 557 g/mol. The number of aromatic nitrogens is 5. The van der Waals surface area contributed by atoms with Crippen molar-refractivity contribution in [1.82, 2.24) is 35.2 Å². The number of carbonyl (C=O) groups excluding carboxylic acids is 2. The van der Waals surface area contributed by atoms with Crippen molar-refractivity contribution in [2.24, 2.45) is 5.92 Å². The summed E-state index contributed by atoms with van der Waals surface area (Å²) in [4.78, 5) is 36.3. The third kappa shape index (κ3) is 6.26. The summed E-state index contributed by atoms with van der Waals surface area (Å²) in [7, 11) is 0. The largest absolute Gasteiger partial charge is 0.340 e. The van der Waals surface area contributed by atoms with Gasteiger partial charge in [-0.1, -0.05) is 12.1 Å². The summed E-state index contributed by atoms with van der Waals surface area (Å²) >= 11 is 1.38. The first-order valence-corrected chi connectivity index (χ1v) is 14.2. The Hall–Kier alpha value is -4.75. The van der Waals surface area contributed by atoms with Gasteiger partial charge in [-0.25, -0.2) is 9.37 Å². The van der Waals surface area contributed by atoms with Gasteiger partial charge in [-0.3, -0.25) is 19.1 Å². The van der Waals surface area contributed by atoms with Gasteiger partial charge >= 0.3 is 0 Å². The van der Waals surface area contributed by atoms with Crippen molar-refractivity contribution in [2.75, 3.05) is 23.7 Å². The Balaban J connectivity index is 1.16. The molecule has 2 atom stereocenters. The number of nitrogens with zero attached hydrogens (tertiary/aromatic N) is 4. The molecule has 0 radical (unpaired) electrons. The minimum atomic E-state index is -0.973. The van der Waals surface area contributed by atoms with Crippen LogP contribution in [0.3, 0.4) is 0 Å². The van der Waals surface area contributed by atoms with Crippen molar-refractivity contribution in [1.29, 1.82) is 0 Å². The van der Waals surface area contributed by atoms with E-state index in [4.69, 9.17) is 0 Å².